The Balaban J connectivity index is 1.79. The van der Waals surface area contributed by atoms with E-state index in [0.717, 1.165) is 39.9 Å². The summed E-state index contributed by atoms with van der Waals surface area (Å²) in [6.07, 6.45) is 3.38. The predicted octanol–water partition coefficient (Wildman–Crippen LogP) is 3.55. The zero-order valence-corrected chi connectivity index (χ0v) is 14.0. The number of hydrogen-bond acceptors (Lipinski definition) is 3. The smallest absolute Gasteiger partial charge is 0.306 e. The molecule has 1 aliphatic heterocycles. The van der Waals surface area contributed by atoms with Crippen LogP contribution in [0.5, 0.6) is 0 Å². The van der Waals surface area contributed by atoms with Gasteiger partial charge in [-0.3, -0.25) is 4.79 Å². The highest BCUT2D eigenvalue weighted by atomic mass is 79.9. The molecule has 23 heavy (non-hydrogen) atoms. The van der Waals surface area contributed by atoms with E-state index in [1.807, 2.05) is 24.4 Å². The first-order valence-corrected chi connectivity index (χ1v) is 8.47. The summed E-state index contributed by atoms with van der Waals surface area (Å²) in [5.74, 6) is 0.0148. The highest BCUT2D eigenvalue weighted by molar-refractivity contribution is 9.10. The summed E-state index contributed by atoms with van der Waals surface area (Å²) in [6.45, 7) is 1.45. The maximum Gasteiger partial charge on any atom is 0.306 e. The number of halogens is 1. The Hall–Kier alpha value is -2.08. The fourth-order valence-corrected chi connectivity index (χ4v) is 3.65. The molecule has 4 rings (SSSR count). The van der Waals surface area contributed by atoms with Crippen molar-refractivity contribution in [2.75, 3.05) is 18.0 Å². The number of carboxylic acids is 1. The van der Waals surface area contributed by atoms with E-state index in [1.165, 1.54) is 0 Å². The largest absolute Gasteiger partial charge is 0.481 e. The van der Waals surface area contributed by atoms with Crippen molar-refractivity contribution in [1.29, 1.82) is 0 Å². The number of piperidine rings is 1. The molecule has 2 aromatic heterocycles. The molecule has 118 valence electrons. The van der Waals surface area contributed by atoms with E-state index >= 15 is 0 Å². The van der Waals surface area contributed by atoms with Gasteiger partial charge in [0, 0.05) is 23.8 Å². The van der Waals surface area contributed by atoms with Crippen LogP contribution in [0.2, 0.25) is 0 Å². The number of hydrogen-bond donors (Lipinski definition) is 1. The molecule has 0 bridgehead atoms. The highest BCUT2D eigenvalue weighted by Gasteiger charge is 2.26. The summed E-state index contributed by atoms with van der Waals surface area (Å²) >= 11 is 3.50. The summed E-state index contributed by atoms with van der Waals surface area (Å²) in [5.41, 5.74) is 3.06. The molecule has 1 N–H and O–H groups in total. The lowest BCUT2D eigenvalue weighted by Crippen LogP contribution is -2.37. The summed E-state index contributed by atoms with van der Waals surface area (Å²) in [7, 11) is 0. The van der Waals surface area contributed by atoms with Crippen LogP contribution in [0.4, 0.5) is 5.82 Å². The van der Waals surface area contributed by atoms with Crippen LogP contribution in [0, 0.1) is 5.92 Å². The third kappa shape index (κ3) is 2.47. The van der Waals surface area contributed by atoms with Crippen molar-refractivity contribution in [3.63, 3.8) is 0 Å². The fourth-order valence-electron chi connectivity index (χ4n) is 3.31. The number of rotatable bonds is 2. The van der Waals surface area contributed by atoms with Gasteiger partial charge >= 0.3 is 5.97 Å². The predicted molar refractivity (Wildman–Crippen MR) is 93.0 cm³/mol. The minimum absolute atomic E-state index is 0.233. The SMILES string of the molecule is O=C(O)C1CCN(c2nc3cc(Br)ccc3n3cccc23)CC1. The highest BCUT2D eigenvalue weighted by Crippen LogP contribution is 2.30. The maximum absolute atomic E-state index is 11.1. The van der Waals surface area contributed by atoms with Gasteiger partial charge in [-0.1, -0.05) is 15.9 Å². The van der Waals surface area contributed by atoms with Crippen LogP contribution in [0.15, 0.2) is 41.0 Å². The molecule has 0 atom stereocenters. The lowest BCUT2D eigenvalue weighted by Gasteiger charge is -2.31. The van der Waals surface area contributed by atoms with E-state index in [0.29, 0.717) is 12.8 Å². The van der Waals surface area contributed by atoms with Crippen molar-refractivity contribution < 1.29 is 9.90 Å². The molecule has 0 spiro atoms. The monoisotopic (exact) mass is 373 g/mol. The van der Waals surface area contributed by atoms with Gasteiger partial charge < -0.3 is 14.4 Å². The third-order valence-corrected chi connectivity index (χ3v) is 5.04. The topological polar surface area (TPSA) is 57.8 Å². The van der Waals surface area contributed by atoms with Crippen LogP contribution in [-0.2, 0) is 4.79 Å². The molecule has 3 heterocycles. The molecule has 1 aliphatic rings. The number of aliphatic carboxylic acids is 1. The maximum atomic E-state index is 11.1. The first-order chi connectivity index (χ1) is 11.1. The summed E-state index contributed by atoms with van der Waals surface area (Å²) < 4.78 is 3.15. The van der Waals surface area contributed by atoms with Crippen LogP contribution >= 0.6 is 15.9 Å². The van der Waals surface area contributed by atoms with E-state index in [1.54, 1.807) is 0 Å². The number of nitrogens with zero attached hydrogens (tertiary/aromatic N) is 3. The van der Waals surface area contributed by atoms with Crippen LogP contribution < -0.4 is 4.90 Å². The minimum atomic E-state index is -0.687. The Kier molecular flexibility index (Phi) is 3.49. The van der Waals surface area contributed by atoms with E-state index in [-0.39, 0.29) is 5.92 Å². The van der Waals surface area contributed by atoms with Crippen molar-refractivity contribution in [2.45, 2.75) is 12.8 Å². The van der Waals surface area contributed by atoms with Gasteiger partial charge in [-0.2, -0.15) is 0 Å². The van der Waals surface area contributed by atoms with Crippen molar-refractivity contribution >= 4 is 44.3 Å². The number of carboxylic acid groups (broad SMARTS) is 1. The Bertz CT molecular complexity index is 897. The second-order valence-electron chi connectivity index (χ2n) is 5.93. The van der Waals surface area contributed by atoms with E-state index in [2.05, 4.69) is 37.4 Å². The average molecular weight is 374 g/mol. The van der Waals surface area contributed by atoms with E-state index in [9.17, 15) is 4.79 Å². The Labute approximate surface area is 141 Å². The van der Waals surface area contributed by atoms with Gasteiger partial charge in [0.15, 0.2) is 5.82 Å². The van der Waals surface area contributed by atoms with Crippen molar-refractivity contribution in [1.82, 2.24) is 9.38 Å². The number of fused-ring (bicyclic) bond motifs is 3. The first-order valence-electron chi connectivity index (χ1n) is 7.67. The molecule has 0 unspecified atom stereocenters. The molecule has 6 heteroatoms. The zero-order valence-electron chi connectivity index (χ0n) is 12.4. The molecule has 0 aliphatic carbocycles. The van der Waals surface area contributed by atoms with Crippen molar-refractivity contribution in [3.05, 3.63) is 41.0 Å². The molecular formula is C17H16BrN3O2. The Morgan fingerprint density at radius 1 is 1.22 bits per heavy atom. The molecular weight excluding hydrogens is 358 g/mol. The molecule has 0 amide bonds. The number of aromatic nitrogens is 2. The molecule has 1 saturated heterocycles. The van der Waals surface area contributed by atoms with Gasteiger partial charge in [-0.15, -0.1) is 0 Å². The van der Waals surface area contributed by atoms with Crippen molar-refractivity contribution in [2.24, 2.45) is 5.92 Å². The second kappa shape index (κ2) is 5.53. The normalized spacial score (nSPS) is 16.3. The standard InChI is InChI=1S/C17H16BrN3O2/c18-12-3-4-14-13(10-12)19-16(15-2-1-7-21(14)15)20-8-5-11(6-9-20)17(22)23/h1-4,7,10-11H,5-6,8-9H2,(H,22,23). The molecule has 1 aromatic carbocycles. The molecule has 5 nitrogen and oxygen atoms in total. The molecule has 0 saturated carbocycles. The van der Waals surface area contributed by atoms with E-state index in [4.69, 9.17) is 10.1 Å². The van der Waals surface area contributed by atoms with Gasteiger partial charge in [0.2, 0.25) is 0 Å². The van der Waals surface area contributed by atoms with Gasteiger partial charge in [0.1, 0.15) is 0 Å². The lowest BCUT2D eigenvalue weighted by molar-refractivity contribution is -0.142. The third-order valence-electron chi connectivity index (χ3n) is 4.54. The first kappa shape index (κ1) is 14.5. The van der Waals surface area contributed by atoms with Crippen LogP contribution in [0.3, 0.4) is 0 Å². The Morgan fingerprint density at radius 3 is 2.74 bits per heavy atom. The summed E-state index contributed by atoms with van der Waals surface area (Å²) in [5, 5.41) is 9.16. The molecule has 3 aromatic rings. The summed E-state index contributed by atoms with van der Waals surface area (Å²) in [4.78, 5) is 18.2. The van der Waals surface area contributed by atoms with Crippen LogP contribution in [0.1, 0.15) is 12.8 Å². The molecule has 0 radical (unpaired) electrons. The number of carbonyl (C=O) groups is 1. The zero-order chi connectivity index (χ0) is 16.0. The quantitative estimate of drug-likeness (QED) is 0.746. The van der Waals surface area contributed by atoms with Crippen LogP contribution in [0.25, 0.3) is 16.6 Å². The van der Waals surface area contributed by atoms with Gasteiger partial charge in [0.05, 0.1) is 22.5 Å². The minimum Gasteiger partial charge on any atom is -0.481 e. The van der Waals surface area contributed by atoms with Gasteiger partial charge in [-0.25, -0.2) is 4.98 Å². The van der Waals surface area contributed by atoms with Gasteiger partial charge in [0.25, 0.3) is 0 Å². The second-order valence-corrected chi connectivity index (χ2v) is 6.85. The number of anilines is 1. The number of benzene rings is 1. The molecule has 1 fully saturated rings. The van der Waals surface area contributed by atoms with Gasteiger partial charge in [-0.05, 0) is 43.2 Å². The Morgan fingerprint density at radius 2 is 2.00 bits per heavy atom. The fraction of sp³-hybridized carbons (Fsp3) is 0.294. The van der Waals surface area contributed by atoms with Crippen LogP contribution in [-0.4, -0.2) is 33.6 Å². The van der Waals surface area contributed by atoms with E-state index < -0.39 is 5.97 Å². The average Bonchev–Trinajstić information content (AvgIpc) is 3.03. The lowest BCUT2D eigenvalue weighted by atomic mass is 9.97. The van der Waals surface area contributed by atoms with Crippen molar-refractivity contribution in [3.8, 4) is 0 Å². The summed E-state index contributed by atoms with van der Waals surface area (Å²) in [6, 6.07) is 10.2.